The summed E-state index contributed by atoms with van der Waals surface area (Å²) in [7, 11) is 1.70. The molecule has 142 valence electrons. The normalized spacial score (nSPS) is 36.0. The predicted octanol–water partition coefficient (Wildman–Crippen LogP) is 4.58. The van der Waals surface area contributed by atoms with Gasteiger partial charge in [0.2, 0.25) is 0 Å². The molecule has 0 radical (unpaired) electrons. The van der Waals surface area contributed by atoms with Crippen molar-refractivity contribution in [2.24, 2.45) is 5.92 Å². The van der Waals surface area contributed by atoms with E-state index in [9.17, 15) is 4.79 Å². The lowest BCUT2D eigenvalue weighted by Gasteiger charge is -2.31. The van der Waals surface area contributed by atoms with Crippen LogP contribution < -0.4 is 0 Å². The molecule has 2 fully saturated rings. The highest BCUT2D eigenvalue weighted by molar-refractivity contribution is 5.75. The third kappa shape index (κ3) is 5.25. The Hall–Kier alpha value is -0.970. The van der Waals surface area contributed by atoms with E-state index in [1.807, 2.05) is 0 Å². The second-order valence-electron chi connectivity index (χ2n) is 7.98. The number of carbonyl (C=O) groups is 1. The lowest BCUT2D eigenvalue weighted by molar-refractivity contribution is -0.188. The average Bonchev–Trinajstić information content (AvgIpc) is 3.12. The first-order valence-corrected chi connectivity index (χ1v) is 9.41. The highest BCUT2D eigenvalue weighted by Crippen LogP contribution is 2.44. The molecule has 0 aromatic heterocycles. The topological polar surface area (TPSA) is 44.8 Å². The number of hydrogen-bond acceptors (Lipinski definition) is 4. The quantitative estimate of drug-likeness (QED) is 0.601. The molecular formula is C21H34O4. The maximum Gasteiger partial charge on any atom is 0.158 e. The van der Waals surface area contributed by atoms with Crippen LogP contribution in [0.2, 0.25) is 0 Å². The van der Waals surface area contributed by atoms with Crippen LogP contribution >= 0.6 is 0 Å². The molecule has 0 spiro atoms. The number of rotatable bonds is 8. The van der Waals surface area contributed by atoms with E-state index < -0.39 is 0 Å². The summed E-state index contributed by atoms with van der Waals surface area (Å²) in [5, 5.41) is 0. The van der Waals surface area contributed by atoms with E-state index in [2.05, 4.69) is 33.4 Å². The van der Waals surface area contributed by atoms with Gasteiger partial charge < -0.3 is 19.0 Å². The van der Waals surface area contributed by atoms with Gasteiger partial charge in [0.25, 0.3) is 0 Å². The molecule has 0 aliphatic carbocycles. The number of hydrogen-bond donors (Lipinski definition) is 0. The largest absolute Gasteiger partial charge is 0.371 e. The van der Waals surface area contributed by atoms with Crippen LogP contribution in [0.1, 0.15) is 66.2 Å². The lowest BCUT2D eigenvalue weighted by Crippen LogP contribution is -2.39. The van der Waals surface area contributed by atoms with E-state index in [1.54, 1.807) is 14.0 Å². The minimum absolute atomic E-state index is 0.0735. The first-order chi connectivity index (χ1) is 11.7. The molecule has 0 N–H and O–H groups in total. The van der Waals surface area contributed by atoms with Gasteiger partial charge in [-0.25, -0.2) is 0 Å². The Bertz CT molecular complexity index is 524. The van der Waals surface area contributed by atoms with Gasteiger partial charge in [-0.15, -0.1) is 0 Å². The zero-order chi connectivity index (χ0) is 18.6. The van der Waals surface area contributed by atoms with E-state index in [4.69, 9.17) is 14.2 Å². The number of Topliss-reactive ketones (excluding diaryl/α,β-unsaturated/α-hetero) is 1. The molecule has 0 saturated carbocycles. The molecule has 0 bridgehead atoms. The lowest BCUT2D eigenvalue weighted by atomic mass is 9.85. The molecule has 2 aliphatic rings. The molecule has 2 saturated heterocycles. The SMILES string of the molecule is C=C(C)C1CC(C2(C)CCC(OC)O2)OC1CC(C)=CCCC(C)=O. The van der Waals surface area contributed by atoms with Crippen LogP contribution in [0.5, 0.6) is 0 Å². The van der Waals surface area contributed by atoms with Crippen molar-refractivity contribution in [2.45, 2.75) is 90.3 Å². The zero-order valence-electron chi connectivity index (χ0n) is 16.5. The molecule has 0 aromatic rings. The van der Waals surface area contributed by atoms with Crippen molar-refractivity contribution in [1.82, 2.24) is 0 Å². The Kier molecular flexibility index (Phi) is 7.01. The smallest absolute Gasteiger partial charge is 0.158 e. The van der Waals surface area contributed by atoms with Crippen LogP contribution in [0.4, 0.5) is 0 Å². The van der Waals surface area contributed by atoms with E-state index in [-0.39, 0.29) is 29.9 Å². The van der Waals surface area contributed by atoms with Crippen molar-refractivity contribution in [1.29, 1.82) is 0 Å². The Labute approximate surface area is 152 Å². The average molecular weight is 350 g/mol. The second-order valence-corrected chi connectivity index (χ2v) is 7.98. The highest BCUT2D eigenvalue weighted by atomic mass is 16.7. The van der Waals surface area contributed by atoms with Crippen LogP contribution in [0.25, 0.3) is 0 Å². The Morgan fingerprint density at radius 3 is 2.64 bits per heavy atom. The van der Waals surface area contributed by atoms with Crippen molar-refractivity contribution in [3.05, 3.63) is 23.8 Å². The fraction of sp³-hybridized carbons (Fsp3) is 0.762. The third-order valence-electron chi connectivity index (χ3n) is 5.62. The van der Waals surface area contributed by atoms with Gasteiger partial charge in [-0.2, -0.15) is 0 Å². The summed E-state index contributed by atoms with van der Waals surface area (Å²) >= 11 is 0. The van der Waals surface area contributed by atoms with Crippen LogP contribution in [-0.2, 0) is 19.0 Å². The van der Waals surface area contributed by atoms with E-state index in [1.165, 1.54) is 11.1 Å². The predicted molar refractivity (Wildman–Crippen MR) is 99.4 cm³/mol. The zero-order valence-corrected chi connectivity index (χ0v) is 16.5. The number of ether oxygens (including phenoxy) is 3. The molecule has 5 unspecified atom stereocenters. The van der Waals surface area contributed by atoms with Gasteiger partial charge >= 0.3 is 0 Å². The standard InChI is InChI=1S/C21H34O4/c1-14(2)17-13-19(21(5)11-10-20(23-6)25-21)24-18(17)12-15(3)8-7-9-16(4)22/h8,17-20H,1,7,9-13H2,2-6H3. The number of ketones is 1. The van der Waals surface area contributed by atoms with Gasteiger partial charge in [0.05, 0.1) is 17.8 Å². The minimum Gasteiger partial charge on any atom is -0.371 e. The Balaban J connectivity index is 2.00. The molecule has 5 atom stereocenters. The monoisotopic (exact) mass is 350 g/mol. The minimum atomic E-state index is -0.282. The molecule has 4 nitrogen and oxygen atoms in total. The van der Waals surface area contributed by atoms with Crippen molar-refractivity contribution < 1.29 is 19.0 Å². The van der Waals surface area contributed by atoms with E-state index in [0.717, 1.165) is 32.1 Å². The fourth-order valence-corrected chi connectivity index (χ4v) is 3.99. The number of carbonyl (C=O) groups excluding carboxylic acids is 1. The van der Waals surface area contributed by atoms with Gasteiger partial charge in [-0.3, -0.25) is 0 Å². The summed E-state index contributed by atoms with van der Waals surface area (Å²) in [6, 6.07) is 0. The first-order valence-electron chi connectivity index (χ1n) is 9.41. The first kappa shape index (κ1) is 20.3. The second kappa shape index (κ2) is 8.61. The summed E-state index contributed by atoms with van der Waals surface area (Å²) in [6.45, 7) is 12.2. The van der Waals surface area contributed by atoms with Gasteiger partial charge in [0.15, 0.2) is 6.29 Å². The van der Waals surface area contributed by atoms with Gasteiger partial charge in [-0.05, 0) is 53.4 Å². The molecule has 25 heavy (non-hydrogen) atoms. The van der Waals surface area contributed by atoms with Crippen LogP contribution in [-0.4, -0.2) is 37.0 Å². The maximum atomic E-state index is 11.1. The highest BCUT2D eigenvalue weighted by Gasteiger charge is 2.49. The fourth-order valence-electron chi connectivity index (χ4n) is 3.99. The van der Waals surface area contributed by atoms with Crippen molar-refractivity contribution in [3.63, 3.8) is 0 Å². The molecule has 2 rings (SSSR count). The Morgan fingerprint density at radius 2 is 2.08 bits per heavy atom. The summed E-state index contributed by atoms with van der Waals surface area (Å²) < 4.78 is 18.0. The summed E-state index contributed by atoms with van der Waals surface area (Å²) in [4.78, 5) is 11.1. The van der Waals surface area contributed by atoms with E-state index >= 15 is 0 Å². The number of methoxy groups -OCH3 is 1. The Morgan fingerprint density at radius 1 is 1.36 bits per heavy atom. The molecule has 0 amide bonds. The van der Waals surface area contributed by atoms with Crippen LogP contribution in [0.15, 0.2) is 23.8 Å². The maximum absolute atomic E-state index is 11.1. The molecule has 0 aromatic carbocycles. The van der Waals surface area contributed by atoms with Crippen molar-refractivity contribution in [3.8, 4) is 0 Å². The third-order valence-corrected chi connectivity index (χ3v) is 5.62. The summed E-state index contributed by atoms with van der Waals surface area (Å²) in [5.41, 5.74) is 2.18. The summed E-state index contributed by atoms with van der Waals surface area (Å²) in [5.74, 6) is 0.586. The van der Waals surface area contributed by atoms with Crippen LogP contribution in [0, 0.1) is 5.92 Å². The van der Waals surface area contributed by atoms with Gasteiger partial charge in [0.1, 0.15) is 5.78 Å². The van der Waals surface area contributed by atoms with E-state index in [0.29, 0.717) is 12.3 Å². The molecular weight excluding hydrogens is 316 g/mol. The van der Waals surface area contributed by atoms with Gasteiger partial charge in [0, 0.05) is 25.9 Å². The molecule has 4 heteroatoms. The van der Waals surface area contributed by atoms with Gasteiger partial charge in [-0.1, -0.05) is 23.8 Å². The molecule has 2 heterocycles. The van der Waals surface area contributed by atoms with Crippen molar-refractivity contribution >= 4 is 5.78 Å². The number of allylic oxidation sites excluding steroid dienone is 1. The van der Waals surface area contributed by atoms with Crippen molar-refractivity contribution in [2.75, 3.05) is 7.11 Å². The molecule has 2 aliphatic heterocycles. The summed E-state index contributed by atoms with van der Waals surface area (Å²) in [6.07, 6.45) is 7.39. The van der Waals surface area contributed by atoms with Crippen LogP contribution in [0.3, 0.4) is 0 Å².